The summed E-state index contributed by atoms with van der Waals surface area (Å²) in [4.78, 5) is 11.3. The lowest BCUT2D eigenvalue weighted by Gasteiger charge is -2.33. The summed E-state index contributed by atoms with van der Waals surface area (Å²) < 4.78 is 32.5. The number of hydrogen-bond donors (Lipinski definition) is 2. The second-order valence-corrected chi connectivity index (χ2v) is 6.95. The molecule has 8 heteroatoms. The van der Waals surface area contributed by atoms with Crippen molar-refractivity contribution in [3.63, 3.8) is 0 Å². The normalized spacial score (nSPS) is 26.9. The molecule has 0 spiro atoms. The van der Waals surface area contributed by atoms with Crippen molar-refractivity contribution in [2.24, 2.45) is 5.92 Å². The van der Waals surface area contributed by atoms with Crippen molar-refractivity contribution in [2.45, 2.75) is 58.1 Å². The number of nitriles is 1. The first-order valence-electron chi connectivity index (χ1n) is 6.61. The van der Waals surface area contributed by atoms with Crippen LogP contribution in [0.4, 0.5) is 4.79 Å². The highest BCUT2D eigenvalue weighted by Crippen LogP contribution is 2.31. The summed E-state index contributed by atoms with van der Waals surface area (Å²) in [6.07, 6.45) is 0.935. The van der Waals surface area contributed by atoms with Crippen molar-refractivity contribution in [1.82, 2.24) is 9.44 Å². The molecule has 0 aromatic heterocycles. The van der Waals surface area contributed by atoms with E-state index in [1.807, 2.05) is 6.07 Å². The van der Waals surface area contributed by atoms with Gasteiger partial charge in [0.1, 0.15) is 5.54 Å². The molecular weight excluding hydrogens is 282 g/mol. The number of nitrogens with one attached hydrogen (secondary N) is 2. The Morgan fingerprint density at radius 3 is 2.40 bits per heavy atom. The molecule has 7 nitrogen and oxygen atoms in total. The molecule has 0 atom stereocenters. The summed E-state index contributed by atoms with van der Waals surface area (Å²) in [5.41, 5.74) is -1.14. The summed E-state index contributed by atoms with van der Waals surface area (Å²) in [7, 11) is -4.11. The summed E-state index contributed by atoms with van der Waals surface area (Å²) in [6, 6.07) is 2.03. The van der Waals surface area contributed by atoms with Crippen LogP contribution in [0.2, 0.25) is 0 Å². The number of amides is 1. The molecule has 114 valence electrons. The van der Waals surface area contributed by atoms with Gasteiger partial charge in [-0.3, -0.25) is 0 Å². The van der Waals surface area contributed by atoms with E-state index in [1.54, 1.807) is 18.6 Å². The van der Waals surface area contributed by atoms with Crippen molar-refractivity contribution in [2.75, 3.05) is 0 Å². The van der Waals surface area contributed by atoms with Gasteiger partial charge in [0, 0.05) is 0 Å². The Morgan fingerprint density at radius 2 is 1.95 bits per heavy atom. The summed E-state index contributed by atoms with van der Waals surface area (Å²) in [5.74, 6) is 0.472. The minimum absolute atomic E-state index is 0.425. The number of ether oxygens (including phenoxy) is 1. The molecule has 0 radical (unpaired) electrons. The highest BCUT2D eigenvalue weighted by atomic mass is 32.2. The molecule has 0 aromatic rings. The molecule has 0 bridgehead atoms. The van der Waals surface area contributed by atoms with Gasteiger partial charge in [0.25, 0.3) is 0 Å². The number of hydrogen-bond acceptors (Lipinski definition) is 5. The molecule has 1 amide bonds. The molecule has 2 N–H and O–H groups in total. The van der Waals surface area contributed by atoms with E-state index in [2.05, 4.69) is 11.6 Å². The highest BCUT2D eigenvalue weighted by molar-refractivity contribution is 7.88. The lowest BCUT2D eigenvalue weighted by molar-refractivity contribution is 0.121. The molecule has 1 aliphatic carbocycles. The maximum atomic E-state index is 11.9. The Morgan fingerprint density at radius 1 is 1.40 bits per heavy atom. The maximum absolute atomic E-state index is 11.9. The van der Waals surface area contributed by atoms with Crippen LogP contribution in [-0.4, -0.2) is 26.2 Å². The molecule has 0 unspecified atom stereocenters. The van der Waals surface area contributed by atoms with Crippen molar-refractivity contribution in [1.29, 1.82) is 5.26 Å². The van der Waals surface area contributed by atoms with Gasteiger partial charge in [0.15, 0.2) is 0 Å². The second kappa shape index (κ2) is 6.41. The molecule has 1 fully saturated rings. The zero-order valence-corrected chi connectivity index (χ0v) is 12.8. The molecule has 1 aliphatic rings. The van der Waals surface area contributed by atoms with Gasteiger partial charge in [0.05, 0.1) is 12.2 Å². The fourth-order valence-corrected chi connectivity index (χ4v) is 3.20. The Labute approximate surface area is 119 Å². The van der Waals surface area contributed by atoms with E-state index in [0.29, 0.717) is 18.8 Å². The third-order valence-electron chi connectivity index (χ3n) is 3.23. The van der Waals surface area contributed by atoms with Crippen molar-refractivity contribution >= 4 is 16.3 Å². The predicted octanol–water partition coefficient (Wildman–Crippen LogP) is 1.43. The standard InChI is InChI=1S/C12H21N3O4S/c1-9(2)19-11(16)14-20(17,18)15-12(8-13)6-4-10(3)5-7-12/h9-10,15H,4-7H2,1-3H3,(H,14,16). The Balaban J connectivity index is 2.69. The highest BCUT2D eigenvalue weighted by Gasteiger charge is 2.38. The summed E-state index contributed by atoms with van der Waals surface area (Å²) in [5, 5.41) is 9.25. The van der Waals surface area contributed by atoms with E-state index >= 15 is 0 Å². The Kier molecular flexibility index (Phi) is 5.36. The van der Waals surface area contributed by atoms with Gasteiger partial charge in [-0.2, -0.15) is 18.4 Å². The third-order valence-corrected chi connectivity index (χ3v) is 4.33. The van der Waals surface area contributed by atoms with Gasteiger partial charge in [-0.15, -0.1) is 0 Å². The van der Waals surface area contributed by atoms with Crippen LogP contribution >= 0.6 is 0 Å². The molecule has 1 rings (SSSR count). The van der Waals surface area contributed by atoms with Gasteiger partial charge in [-0.05, 0) is 45.4 Å². The maximum Gasteiger partial charge on any atom is 0.422 e. The number of rotatable bonds is 4. The van der Waals surface area contributed by atoms with Crippen molar-refractivity contribution < 1.29 is 17.9 Å². The smallest absolute Gasteiger partial charge is 0.422 e. The van der Waals surface area contributed by atoms with Crippen LogP contribution in [0.15, 0.2) is 0 Å². The molecule has 1 saturated carbocycles. The van der Waals surface area contributed by atoms with Crippen LogP contribution in [0.1, 0.15) is 46.5 Å². The largest absolute Gasteiger partial charge is 0.446 e. The Hall–Kier alpha value is -1.33. The number of carbonyl (C=O) groups excluding carboxylic acids is 1. The zero-order valence-electron chi connectivity index (χ0n) is 12.0. The first-order valence-corrected chi connectivity index (χ1v) is 8.10. The molecule has 0 aliphatic heterocycles. The molecular formula is C12H21N3O4S. The quantitative estimate of drug-likeness (QED) is 0.816. The minimum Gasteiger partial charge on any atom is -0.446 e. The molecule has 0 heterocycles. The van der Waals surface area contributed by atoms with Gasteiger partial charge in [-0.25, -0.2) is 9.52 Å². The first-order chi connectivity index (χ1) is 9.18. The molecule has 0 saturated heterocycles. The van der Waals surface area contributed by atoms with E-state index in [1.165, 1.54) is 0 Å². The van der Waals surface area contributed by atoms with Crippen LogP contribution in [0, 0.1) is 17.2 Å². The van der Waals surface area contributed by atoms with Crippen molar-refractivity contribution in [3.8, 4) is 6.07 Å². The molecule has 20 heavy (non-hydrogen) atoms. The van der Waals surface area contributed by atoms with Gasteiger partial charge in [0.2, 0.25) is 0 Å². The second-order valence-electron chi connectivity index (χ2n) is 5.54. The zero-order chi connectivity index (χ0) is 15.4. The van der Waals surface area contributed by atoms with E-state index in [9.17, 15) is 18.5 Å². The van der Waals surface area contributed by atoms with E-state index in [4.69, 9.17) is 4.74 Å². The molecule has 0 aromatic carbocycles. The van der Waals surface area contributed by atoms with Crippen LogP contribution in [0.25, 0.3) is 0 Å². The fraction of sp³-hybridized carbons (Fsp3) is 0.833. The monoisotopic (exact) mass is 303 g/mol. The fourth-order valence-electron chi connectivity index (χ4n) is 2.12. The van der Waals surface area contributed by atoms with Crippen molar-refractivity contribution in [3.05, 3.63) is 0 Å². The lowest BCUT2D eigenvalue weighted by Crippen LogP contribution is -2.54. The van der Waals surface area contributed by atoms with Crippen LogP contribution in [-0.2, 0) is 14.9 Å². The van der Waals surface area contributed by atoms with Crippen LogP contribution < -0.4 is 9.44 Å². The Bertz CT molecular complexity index is 487. The van der Waals surface area contributed by atoms with Crippen LogP contribution in [0.3, 0.4) is 0 Å². The third kappa shape index (κ3) is 4.98. The summed E-state index contributed by atoms with van der Waals surface area (Å²) in [6.45, 7) is 5.28. The van der Waals surface area contributed by atoms with Crippen LogP contribution in [0.5, 0.6) is 0 Å². The van der Waals surface area contributed by atoms with E-state index in [-0.39, 0.29) is 0 Å². The van der Waals surface area contributed by atoms with Gasteiger partial charge in [-0.1, -0.05) is 6.92 Å². The van der Waals surface area contributed by atoms with E-state index < -0.39 is 27.9 Å². The lowest BCUT2D eigenvalue weighted by atomic mass is 9.79. The summed E-state index contributed by atoms with van der Waals surface area (Å²) >= 11 is 0. The minimum atomic E-state index is -4.11. The topological polar surface area (TPSA) is 108 Å². The predicted molar refractivity (Wildman–Crippen MR) is 72.8 cm³/mol. The van der Waals surface area contributed by atoms with Gasteiger partial charge < -0.3 is 4.74 Å². The number of nitrogens with zero attached hydrogens (tertiary/aromatic N) is 1. The first kappa shape index (κ1) is 16.7. The van der Waals surface area contributed by atoms with E-state index in [0.717, 1.165) is 12.8 Å². The SMILES string of the molecule is CC1CCC(C#N)(NS(=O)(=O)NC(=O)OC(C)C)CC1. The van der Waals surface area contributed by atoms with Gasteiger partial charge >= 0.3 is 16.3 Å². The average molecular weight is 303 g/mol. The number of carbonyl (C=O) groups is 1. The average Bonchev–Trinajstić information content (AvgIpc) is 2.30.